The zero-order valence-electron chi connectivity index (χ0n) is 23.5. The Kier molecular flexibility index (Phi) is 10.7. The molecule has 4 rings (SSSR count). The predicted octanol–water partition coefficient (Wildman–Crippen LogP) is 9.70. The molecule has 1 aliphatic carbocycles. The van der Waals surface area contributed by atoms with E-state index < -0.39 is 29.3 Å². The average molecular weight is 553 g/mol. The molecule has 1 aliphatic rings. The van der Waals surface area contributed by atoms with E-state index in [0.29, 0.717) is 49.2 Å². The Bertz CT molecular complexity index is 1260. The first-order valence-electron chi connectivity index (χ1n) is 14.6. The van der Waals surface area contributed by atoms with Crippen molar-refractivity contribution in [2.45, 2.75) is 90.1 Å². The molecule has 1 fully saturated rings. The van der Waals surface area contributed by atoms with Crippen LogP contribution in [0.15, 0.2) is 54.6 Å². The van der Waals surface area contributed by atoms with Gasteiger partial charge in [-0.2, -0.15) is 0 Å². The molecule has 3 aromatic carbocycles. The van der Waals surface area contributed by atoms with E-state index in [9.17, 15) is 18.0 Å². The fourth-order valence-electron chi connectivity index (χ4n) is 5.37. The molecule has 6 heteroatoms. The SMILES string of the molecule is CCCCCCCCOc1ccc(C2CCC(OC(=O)c3ccc(-c4ccc(C)cc4)c(F)c3F)CC2)c(F)c1. The molecule has 0 unspecified atom stereocenters. The Labute approximate surface area is 235 Å². The lowest BCUT2D eigenvalue weighted by Gasteiger charge is -2.29. The van der Waals surface area contributed by atoms with Gasteiger partial charge in [0, 0.05) is 11.6 Å². The monoisotopic (exact) mass is 552 g/mol. The molecule has 0 atom stereocenters. The zero-order chi connectivity index (χ0) is 28.5. The van der Waals surface area contributed by atoms with Crippen LogP contribution in [-0.4, -0.2) is 18.7 Å². The molecular formula is C34H39F3O3. The molecule has 0 saturated heterocycles. The summed E-state index contributed by atoms with van der Waals surface area (Å²) in [5.74, 6) is -2.90. The fourth-order valence-corrected chi connectivity index (χ4v) is 5.37. The van der Waals surface area contributed by atoms with Gasteiger partial charge in [-0.15, -0.1) is 0 Å². The van der Waals surface area contributed by atoms with Gasteiger partial charge >= 0.3 is 5.97 Å². The van der Waals surface area contributed by atoms with Gasteiger partial charge < -0.3 is 9.47 Å². The molecule has 3 aromatic rings. The van der Waals surface area contributed by atoms with E-state index in [1.165, 1.54) is 43.9 Å². The summed E-state index contributed by atoms with van der Waals surface area (Å²) in [4.78, 5) is 12.7. The van der Waals surface area contributed by atoms with Crippen LogP contribution in [0, 0.1) is 24.4 Å². The largest absolute Gasteiger partial charge is 0.493 e. The van der Waals surface area contributed by atoms with Crippen LogP contribution in [0.25, 0.3) is 11.1 Å². The molecule has 0 bridgehead atoms. The van der Waals surface area contributed by atoms with E-state index >= 15 is 0 Å². The van der Waals surface area contributed by atoms with Crippen LogP contribution in [0.5, 0.6) is 5.75 Å². The van der Waals surface area contributed by atoms with Gasteiger partial charge in [0.15, 0.2) is 11.6 Å². The standard InChI is InChI=1S/C34H39F3O3/c1-3-4-5-6-7-8-21-39-27-17-18-28(31(35)22-27)24-13-15-26(16-14-24)40-34(38)30-20-19-29(32(36)33(30)37)25-11-9-23(2)10-12-25/h9-12,17-20,22,24,26H,3-8,13-16,21H2,1-2H3. The molecular weight excluding hydrogens is 513 g/mol. The summed E-state index contributed by atoms with van der Waals surface area (Å²) in [6, 6.07) is 14.8. The van der Waals surface area contributed by atoms with Crippen molar-refractivity contribution in [2.75, 3.05) is 6.61 Å². The second kappa shape index (κ2) is 14.4. The number of hydrogen-bond donors (Lipinski definition) is 0. The van der Waals surface area contributed by atoms with Gasteiger partial charge in [0.05, 0.1) is 12.2 Å². The lowest BCUT2D eigenvalue weighted by molar-refractivity contribution is 0.0188. The Hall–Kier alpha value is -3.28. The van der Waals surface area contributed by atoms with Crippen LogP contribution in [0.4, 0.5) is 13.2 Å². The van der Waals surface area contributed by atoms with Crippen molar-refractivity contribution < 1.29 is 27.4 Å². The smallest absolute Gasteiger partial charge is 0.341 e. The maximum atomic E-state index is 14.9. The summed E-state index contributed by atoms with van der Waals surface area (Å²) in [5.41, 5.74) is 1.85. The number of carbonyl (C=O) groups excluding carboxylic acids is 1. The minimum atomic E-state index is -1.21. The molecule has 0 amide bonds. The number of esters is 1. The van der Waals surface area contributed by atoms with Gasteiger partial charge in [0.25, 0.3) is 0 Å². The van der Waals surface area contributed by atoms with Gasteiger partial charge in [-0.25, -0.2) is 18.0 Å². The van der Waals surface area contributed by atoms with Crippen molar-refractivity contribution in [3.05, 3.63) is 88.7 Å². The van der Waals surface area contributed by atoms with E-state index in [4.69, 9.17) is 9.47 Å². The average Bonchev–Trinajstić information content (AvgIpc) is 2.95. The molecule has 0 aromatic heterocycles. The first kappa shape index (κ1) is 29.7. The Balaban J connectivity index is 1.27. The van der Waals surface area contributed by atoms with E-state index in [2.05, 4.69) is 6.92 Å². The predicted molar refractivity (Wildman–Crippen MR) is 152 cm³/mol. The van der Waals surface area contributed by atoms with Crippen molar-refractivity contribution in [3.8, 4) is 16.9 Å². The third-order valence-electron chi connectivity index (χ3n) is 7.79. The molecule has 1 saturated carbocycles. The van der Waals surface area contributed by atoms with Gasteiger partial charge in [-0.1, -0.05) is 81.0 Å². The second-order valence-electron chi connectivity index (χ2n) is 10.8. The summed E-state index contributed by atoms with van der Waals surface area (Å²) in [6.07, 6.45) is 8.91. The van der Waals surface area contributed by atoms with Crippen LogP contribution in [0.1, 0.15) is 98.5 Å². The van der Waals surface area contributed by atoms with Crippen LogP contribution in [-0.2, 0) is 4.74 Å². The lowest BCUT2D eigenvalue weighted by Crippen LogP contribution is -2.25. The van der Waals surface area contributed by atoms with Gasteiger partial charge in [0.1, 0.15) is 17.7 Å². The molecule has 40 heavy (non-hydrogen) atoms. The second-order valence-corrected chi connectivity index (χ2v) is 10.8. The highest BCUT2D eigenvalue weighted by atomic mass is 19.2. The summed E-state index contributed by atoms with van der Waals surface area (Å²) in [6.45, 7) is 4.69. The number of unbranched alkanes of at least 4 members (excludes halogenated alkanes) is 5. The molecule has 0 spiro atoms. The number of aryl methyl sites for hydroxylation is 1. The van der Waals surface area contributed by atoms with Crippen molar-refractivity contribution in [2.24, 2.45) is 0 Å². The lowest BCUT2D eigenvalue weighted by atomic mass is 9.82. The van der Waals surface area contributed by atoms with Gasteiger partial charge in [0.2, 0.25) is 0 Å². The topological polar surface area (TPSA) is 35.5 Å². The molecule has 3 nitrogen and oxygen atoms in total. The molecule has 0 N–H and O–H groups in total. The van der Waals surface area contributed by atoms with E-state index in [1.807, 2.05) is 25.1 Å². The Morgan fingerprint density at radius 1 is 0.825 bits per heavy atom. The number of carbonyl (C=O) groups is 1. The quantitative estimate of drug-likeness (QED) is 0.166. The number of halogens is 3. The molecule has 0 radical (unpaired) electrons. The van der Waals surface area contributed by atoms with Crippen LogP contribution < -0.4 is 4.74 Å². The first-order chi connectivity index (χ1) is 19.4. The summed E-state index contributed by atoms with van der Waals surface area (Å²) in [7, 11) is 0. The number of rotatable bonds is 12. The minimum Gasteiger partial charge on any atom is -0.493 e. The molecule has 214 valence electrons. The zero-order valence-corrected chi connectivity index (χ0v) is 23.5. The summed E-state index contributed by atoms with van der Waals surface area (Å²) < 4.78 is 55.8. The summed E-state index contributed by atoms with van der Waals surface area (Å²) >= 11 is 0. The fraction of sp³-hybridized carbons (Fsp3) is 0.441. The van der Waals surface area contributed by atoms with E-state index in [1.54, 1.807) is 18.2 Å². The van der Waals surface area contributed by atoms with Crippen molar-refractivity contribution >= 4 is 5.97 Å². The number of ether oxygens (including phenoxy) is 2. The van der Waals surface area contributed by atoms with Crippen LogP contribution in [0.3, 0.4) is 0 Å². The van der Waals surface area contributed by atoms with E-state index in [0.717, 1.165) is 18.4 Å². The maximum Gasteiger partial charge on any atom is 0.341 e. The Morgan fingerprint density at radius 2 is 1.52 bits per heavy atom. The maximum absolute atomic E-state index is 14.9. The van der Waals surface area contributed by atoms with Crippen molar-refractivity contribution in [1.82, 2.24) is 0 Å². The molecule has 0 aliphatic heterocycles. The number of benzene rings is 3. The first-order valence-corrected chi connectivity index (χ1v) is 14.6. The third-order valence-corrected chi connectivity index (χ3v) is 7.79. The number of hydrogen-bond acceptors (Lipinski definition) is 3. The normalized spacial score (nSPS) is 17.0. The Morgan fingerprint density at radius 3 is 2.23 bits per heavy atom. The van der Waals surface area contributed by atoms with Crippen LogP contribution >= 0.6 is 0 Å². The molecule has 0 heterocycles. The van der Waals surface area contributed by atoms with Crippen molar-refractivity contribution in [3.63, 3.8) is 0 Å². The summed E-state index contributed by atoms with van der Waals surface area (Å²) in [5, 5.41) is 0. The highest BCUT2D eigenvalue weighted by molar-refractivity contribution is 5.90. The van der Waals surface area contributed by atoms with E-state index in [-0.39, 0.29) is 17.3 Å². The van der Waals surface area contributed by atoms with Crippen LogP contribution in [0.2, 0.25) is 0 Å². The highest BCUT2D eigenvalue weighted by Crippen LogP contribution is 2.37. The minimum absolute atomic E-state index is 0.00513. The third kappa shape index (κ3) is 7.67. The van der Waals surface area contributed by atoms with Crippen molar-refractivity contribution in [1.29, 1.82) is 0 Å². The highest BCUT2D eigenvalue weighted by Gasteiger charge is 2.28. The van der Waals surface area contributed by atoms with Gasteiger partial charge in [-0.05, 0) is 68.2 Å². The van der Waals surface area contributed by atoms with Gasteiger partial charge in [-0.3, -0.25) is 0 Å².